The van der Waals surface area contributed by atoms with Gasteiger partial charge in [-0.15, -0.1) is 0 Å². The fourth-order valence-electron chi connectivity index (χ4n) is 1.79. The zero-order chi connectivity index (χ0) is 13.2. The molecule has 0 spiro atoms. The first-order valence-electron chi connectivity index (χ1n) is 5.43. The van der Waals surface area contributed by atoms with Gasteiger partial charge in [-0.2, -0.15) is 0 Å². The van der Waals surface area contributed by atoms with Crippen molar-refractivity contribution in [1.82, 2.24) is 0 Å². The van der Waals surface area contributed by atoms with Gasteiger partial charge in [-0.25, -0.2) is 8.42 Å². The molecule has 0 amide bonds. The highest BCUT2D eigenvalue weighted by Gasteiger charge is 2.22. The minimum absolute atomic E-state index is 0.0629. The molecular formula is C12H15NO4S. The second-order valence-corrected chi connectivity index (χ2v) is 5.91. The van der Waals surface area contributed by atoms with E-state index in [1.54, 1.807) is 38.5 Å². The maximum atomic E-state index is 11.3. The summed E-state index contributed by atoms with van der Waals surface area (Å²) < 4.78 is 33.0. The Bertz CT molecular complexity index is 565. The lowest BCUT2D eigenvalue weighted by molar-refractivity contribution is 0.404. The average Bonchev–Trinajstić information content (AvgIpc) is 2.68. The molecule has 1 aliphatic heterocycles. The number of hydrogen-bond donors (Lipinski definition) is 1. The minimum Gasteiger partial charge on any atom is -0.497 e. The quantitative estimate of drug-likeness (QED) is 0.895. The van der Waals surface area contributed by atoms with Crippen LogP contribution in [0, 0.1) is 0 Å². The molecule has 1 aromatic carbocycles. The van der Waals surface area contributed by atoms with Gasteiger partial charge in [0.05, 0.1) is 31.7 Å². The van der Waals surface area contributed by atoms with E-state index in [0.29, 0.717) is 17.2 Å². The summed E-state index contributed by atoms with van der Waals surface area (Å²) in [5.74, 6) is 1.39. The molecule has 0 saturated heterocycles. The van der Waals surface area contributed by atoms with Gasteiger partial charge in [0.1, 0.15) is 11.5 Å². The van der Waals surface area contributed by atoms with Crippen LogP contribution in [-0.4, -0.2) is 34.4 Å². The van der Waals surface area contributed by atoms with Gasteiger partial charge in [0.25, 0.3) is 0 Å². The molecule has 1 heterocycles. The number of ether oxygens (including phenoxy) is 2. The van der Waals surface area contributed by atoms with Gasteiger partial charge in [0.15, 0.2) is 9.84 Å². The predicted octanol–water partition coefficient (Wildman–Crippen LogP) is 1.43. The molecule has 2 rings (SSSR count). The van der Waals surface area contributed by atoms with E-state index >= 15 is 0 Å². The summed E-state index contributed by atoms with van der Waals surface area (Å²) in [4.78, 5) is 0. The van der Waals surface area contributed by atoms with E-state index in [1.807, 2.05) is 0 Å². The molecule has 0 saturated carbocycles. The van der Waals surface area contributed by atoms with Gasteiger partial charge < -0.3 is 14.8 Å². The third-order valence-corrected chi connectivity index (χ3v) is 4.07. The summed E-state index contributed by atoms with van der Waals surface area (Å²) in [6, 6.07) is 5.09. The number of methoxy groups -OCH3 is 2. The number of anilines is 1. The summed E-state index contributed by atoms with van der Waals surface area (Å²) in [7, 11) is 0.0727. The smallest absolute Gasteiger partial charge is 0.173 e. The van der Waals surface area contributed by atoms with E-state index in [1.165, 1.54) is 5.41 Å². The van der Waals surface area contributed by atoms with Crippen LogP contribution in [0.5, 0.6) is 11.5 Å². The summed E-state index contributed by atoms with van der Waals surface area (Å²) >= 11 is 0. The van der Waals surface area contributed by atoms with Crippen molar-refractivity contribution in [1.29, 1.82) is 0 Å². The Morgan fingerprint density at radius 2 is 2.06 bits per heavy atom. The van der Waals surface area contributed by atoms with Crippen molar-refractivity contribution in [3.05, 3.63) is 29.7 Å². The number of nitrogens with one attached hydrogen (secondary N) is 1. The molecule has 1 aromatic rings. The first kappa shape index (κ1) is 12.8. The first-order chi connectivity index (χ1) is 8.54. The molecule has 0 aliphatic carbocycles. The van der Waals surface area contributed by atoms with Crippen molar-refractivity contribution in [2.75, 3.05) is 25.3 Å². The Kier molecular flexibility index (Phi) is 3.47. The van der Waals surface area contributed by atoms with E-state index in [-0.39, 0.29) is 11.8 Å². The molecule has 0 bridgehead atoms. The maximum absolute atomic E-state index is 11.3. The lowest BCUT2D eigenvalue weighted by Gasteiger charge is -2.15. The van der Waals surface area contributed by atoms with Gasteiger partial charge >= 0.3 is 0 Å². The van der Waals surface area contributed by atoms with E-state index < -0.39 is 9.84 Å². The number of rotatable bonds is 4. The van der Waals surface area contributed by atoms with Gasteiger partial charge in [0.2, 0.25) is 0 Å². The van der Waals surface area contributed by atoms with Crippen molar-refractivity contribution >= 4 is 15.5 Å². The van der Waals surface area contributed by atoms with Crippen LogP contribution in [-0.2, 0) is 9.84 Å². The number of sulfone groups is 1. The minimum atomic E-state index is -3.07. The van der Waals surface area contributed by atoms with Crippen LogP contribution in [0.1, 0.15) is 0 Å². The normalized spacial score (nSPS) is 20.7. The Labute approximate surface area is 106 Å². The molecular weight excluding hydrogens is 254 g/mol. The molecule has 0 aromatic heterocycles. The van der Waals surface area contributed by atoms with E-state index in [9.17, 15) is 8.42 Å². The van der Waals surface area contributed by atoms with Gasteiger partial charge in [-0.05, 0) is 12.1 Å². The molecule has 18 heavy (non-hydrogen) atoms. The van der Waals surface area contributed by atoms with Crippen molar-refractivity contribution in [3.8, 4) is 11.5 Å². The molecule has 0 fully saturated rings. The summed E-state index contributed by atoms with van der Waals surface area (Å²) in [6.45, 7) is 0. The fourth-order valence-corrected chi connectivity index (χ4v) is 3.03. The zero-order valence-corrected chi connectivity index (χ0v) is 11.0. The fraction of sp³-hybridized carbons (Fsp3) is 0.333. The first-order valence-corrected chi connectivity index (χ1v) is 7.15. The maximum Gasteiger partial charge on any atom is 0.173 e. The zero-order valence-electron chi connectivity index (χ0n) is 10.2. The summed E-state index contributed by atoms with van der Waals surface area (Å²) in [6.07, 6.45) is 1.63. The summed E-state index contributed by atoms with van der Waals surface area (Å²) in [5.41, 5.74) is 0.712. The average molecular weight is 269 g/mol. The van der Waals surface area contributed by atoms with Crippen LogP contribution in [0.4, 0.5) is 5.69 Å². The lowest BCUT2D eigenvalue weighted by Crippen LogP contribution is -2.21. The van der Waals surface area contributed by atoms with Crippen LogP contribution in [0.25, 0.3) is 0 Å². The molecule has 6 heteroatoms. The van der Waals surface area contributed by atoms with E-state index in [4.69, 9.17) is 9.47 Å². The topological polar surface area (TPSA) is 64.6 Å². The van der Waals surface area contributed by atoms with Gasteiger partial charge in [-0.1, -0.05) is 6.08 Å². The largest absolute Gasteiger partial charge is 0.497 e. The molecule has 5 nitrogen and oxygen atoms in total. The number of hydrogen-bond acceptors (Lipinski definition) is 5. The van der Waals surface area contributed by atoms with E-state index in [0.717, 1.165) is 0 Å². The third-order valence-electron chi connectivity index (χ3n) is 2.68. The second-order valence-electron chi connectivity index (χ2n) is 3.98. The van der Waals surface area contributed by atoms with Crippen molar-refractivity contribution in [3.63, 3.8) is 0 Å². The molecule has 1 N–H and O–H groups in total. The third kappa shape index (κ3) is 2.76. The lowest BCUT2D eigenvalue weighted by atomic mass is 10.2. The number of benzene rings is 1. The Morgan fingerprint density at radius 1 is 1.28 bits per heavy atom. The molecule has 1 aliphatic rings. The van der Waals surface area contributed by atoms with Crippen molar-refractivity contribution < 1.29 is 17.9 Å². The van der Waals surface area contributed by atoms with Crippen LogP contribution in [0.15, 0.2) is 29.7 Å². The molecule has 98 valence electrons. The highest BCUT2D eigenvalue weighted by molar-refractivity contribution is 7.94. The van der Waals surface area contributed by atoms with Crippen LogP contribution < -0.4 is 14.8 Å². The molecule has 0 unspecified atom stereocenters. The van der Waals surface area contributed by atoms with Crippen molar-refractivity contribution in [2.24, 2.45) is 0 Å². The SMILES string of the molecule is COc1ccc(OC)c(N[C@@H]2C=CS(=O)(=O)C2)c1. The highest BCUT2D eigenvalue weighted by atomic mass is 32.2. The van der Waals surface area contributed by atoms with Crippen LogP contribution >= 0.6 is 0 Å². The summed E-state index contributed by atoms with van der Waals surface area (Å²) in [5, 5.41) is 4.35. The predicted molar refractivity (Wildman–Crippen MR) is 69.9 cm³/mol. The Hall–Kier alpha value is -1.69. The van der Waals surface area contributed by atoms with E-state index in [2.05, 4.69) is 5.32 Å². The van der Waals surface area contributed by atoms with Crippen LogP contribution in [0.2, 0.25) is 0 Å². The second kappa shape index (κ2) is 4.89. The molecule has 1 atom stereocenters. The molecule has 0 radical (unpaired) electrons. The van der Waals surface area contributed by atoms with Gasteiger partial charge in [-0.3, -0.25) is 0 Å². The highest BCUT2D eigenvalue weighted by Crippen LogP contribution is 2.30. The standard InChI is InChI=1S/C12H15NO4S/c1-16-10-3-4-12(17-2)11(7-10)13-9-5-6-18(14,15)8-9/h3-7,9,13H,8H2,1-2H3/t9-/m1/s1. The van der Waals surface area contributed by atoms with Crippen molar-refractivity contribution in [2.45, 2.75) is 6.04 Å². The Morgan fingerprint density at radius 3 is 2.61 bits per heavy atom. The Balaban J connectivity index is 2.20. The van der Waals surface area contributed by atoms with Gasteiger partial charge in [0, 0.05) is 11.5 Å². The monoisotopic (exact) mass is 269 g/mol. The van der Waals surface area contributed by atoms with Crippen LogP contribution in [0.3, 0.4) is 0 Å².